The lowest BCUT2D eigenvalue weighted by Crippen LogP contribution is -2.23. The van der Waals surface area contributed by atoms with E-state index < -0.39 is 0 Å². The second kappa shape index (κ2) is 9.58. The lowest BCUT2D eigenvalue weighted by molar-refractivity contribution is 0.309. The fourth-order valence-corrected chi connectivity index (χ4v) is 2.06. The van der Waals surface area contributed by atoms with Crippen molar-refractivity contribution in [1.82, 2.24) is 5.43 Å². The average molecular weight is 327 g/mol. The number of nitrogens with zero attached hydrogens (tertiary/aromatic N) is 1. The van der Waals surface area contributed by atoms with Crippen LogP contribution in [-0.2, 0) is 0 Å². The highest BCUT2D eigenvalue weighted by Gasteiger charge is 2.00. The molecule has 0 fully saturated rings. The molecule has 0 spiro atoms. The van der Waals surface area contributed by atoms with Crippen LogP contribution in [0.3, 0.4) is 0 Å². The molecule has 2 aromatic rings. The normalized spacial score (nSPS) is 10.5. The molecule has 2 N–H and O–H groups in total. The Bertz CT molecular complexity index is 644. The first kappa shape index (κ1) is 17.0. The largest absolute Gasteiger partial charge is 0.493 e. The van der Waals surface area contributed by atoms with Gasteiger partial charge in [-0.1, -0.05) is 43.7 Å². The maximum absolute atomic E-state index is 5.76. The molecule has 0 aliphatic carbocycles. The number of hydrogen-bond donors (Lipinski definition) is 2. The van der Waals surface area contributed by atoms with Gasteiger partial charge in [0.25, 0.3) is 0 Å². The summed E-state index contributed by atoms with van der Waals surface area (Å²) in [6, 6.07) is 17.5. The summed E-state index contributed by atoms with van der Waals surface area (Å²) in [6.07, 6.45) is 3.85. The number of nitrogens with one attached hydrogen (secondary N) is 2. The van der Waals surface area contributed by atoms with Gasteiger partial charge in [-0.2, -0.15) is 5.10 Å². The molecular weight excluding hydrogens is 306 g/mol. The van der Waals surface area contributed by atoms with Gasteiger partial charge in [-0.05, 0) is 42.9 Å². The van der Waals surface area contributed by atoms with E-state index in [1.807, 2.05) is 54.6 Å². The maximum Gasteiger partial charge on any atom is 0.191 e. The molecule has 0 atom stereocenters. The number of benzene rings is 2. The summed E-state index contributed by atoms with van der Waals surface area (Å²) in [5.74, 6) is 0.827. The molecule has 2 aromatic carbocycles. The van der Waals surface area contributed by atoms with Crippen LogP contribution in [0.4, 0.5) is 5.69 Å². The third-order valence-corrected chi connectivity index (χ3v) is 3.27. The third-order valence-electron chi connectivity index (χ3n) is 3.08. The predicted octanol–water partition coefficient (Wildman–Crippen LogP) is 4.19. The SMILES string of the molecule is CCCCOc1ccccc1/C=N\NC(=S)Nc1ccccc1. The van der Waals surface area contributed by atoms with E-state index in [1.54, 1.807) is 6.21 Å². The van der Waals surface area contributed by atoms with Crippen LogP contribution in [0.2, 0.25) is 0 Å². The summed E-state index contributed by atoms with van der Waals surface area (Å²) in [5, 5.41) is 7.67. The Morgan fingerprint density at radius 1 is 1.13 bits per heavy atom. The van der Waals surface area contributed by atoms with Crippen LogP contribution >= 0.6 is 12.2 Å². The van der Waals surface area contributed by atoms with E-state index in [-0.39, 0.29) is 0 Å². The molecular formula is C18H21N3OS. The minimum atomic E-state index is 0.442. The Labute approximate surface area is 142 Å². The Morgan fingerprint density at radius 2 is 1.87 bits per heavy atom. The first-order valence-corrected chi connectivity index (χ1v) is 8.07. The number of anilines is 1. The summed E-state index contributed by atoms with van der Waals surface area (Å²) in [6.45, 7) is 2.85. The van der Waals surface area contributed by atoms with Gasteiger partial charge in [0.15, 0.2) is 5.11 Å². The van der Waals surface area contributed by atoms with Gasteiger partial charge in [0.05, 0.1) is 12.8 Å². The van der Waals surface area contributed by atoms with Gasteiger partial charge in [0.1, 0.15) is 5.75 Å². The predicted molar refractivity (Wildman–Crippen MR) is 100 cm³/mol. The second-order valence-electron chi connectivity index (χ2n) is 4.93. The van der Waals surface area contributed by atoms with Gasteiger partial charge in [-0.3, -0.25) is 5.43 Å². The summed E-state index contributed by atoms with van der Waals surface area (Å²) < 4.78 is 5.76. The third kappa shape index (κ3) is 6.08. The zero-order valence-electron chi connectivity index (χ0n) is 13.2. The quantitative estimate of drug-likeness (QED) is 0.346. The zero-order chi connectivity index (χ0) is 16.3. The van der Waals surface area contributed by atoms with E-state index in [0.29, 0.717) is 11.7 Å². The summed E-state index contributed by atoms with van der Waals surface area (Å²) in [5.41, 5.74) is 4.64. The first-order valence-electron chi connectivity index (χ1n) is 7.66. The van der Waals surface area contributed by atoms with Crippen molar-refractivity contribution in [3.8, 4) is 5.75 Å². The molecule has 5 heteroatoms. The number of rotatable bonds is 7. The number of hydrogen-bond acceptors (Lipinski definition) is 3. The van der Waals surface area contributed by atoms with Gasteiger partial charge in [0, 0.05) is 11.3 Å². The van der Waals surface area contributed by atoms with Crippen molar-refractivity contribution < 1.29 is 4.74 Å². The summed E-state index contributed by atoms with van der Waals surface area (Å²) in [4.78, 5) is 0. The van der Waals surface area contributed by atoms with Crippen molar-refractivity contribution >= 4 is 29.2 Å². The lowest BCUT2D eigenvalue weighted by Gasteiger charge is -2.09. The van der Waals surface area contributed by atoms with Gasteiger partial charge in [-0.25, -0.2) is 0 Å². The molecule has 0 aliphatic rings. The molecule has 0 saturated heterocycles. The highest BCUT2D eigenvalue weighted by molar-refractivity contribution is 7.80. The van der Waals surface area contributed by atoms with Crippen LogP contribution in [0.5, 0.6) is 5.75 Å². The Balaban J connectivity index is 1.88. The number of ether oxygens (including phenoxy) is 1. The van der Waals surface area contributed by atoms with Crippen LogP contribution in [0, 0.1) is 0 Å². The van der Waals surface area contributed by atoms with E-state index in [2.05, 4.69) is 22.8 Å². The smallest absolute Gasteiger partial charge is 0.191 e. The molecule has 120 valence electrons. The Kier molecular flexibility index (Phi) is 7.07. The van der Waals surface area contributed by atoms with Crippen molar-refractivity contribution in [3.05, 3.63) is 60.2 Å². The van der Waals surface area contributed by atoms with E-state index >= 15 is 0 Å². The highest BCUT2D eigenvalue weighted by atomic mass is 32.1. The highest BCUT2D eigenvalue weighted by Crippen LogP contribution is 2.16. The molecule has 0 aliphatic heterocycles. The molecule has 0 aromatic heterocycles. The van der Waals surface area contributed by atoms with Crippen molar-refractivity contribution in [2.45, 2.75) is 19.8 Å². The maximum atomic E-state index is 5.76. The number of unbranched alkanes of at least 4 members (excludes halogenated alkanes) is 1. The molecule has 0 bridgehead atoms. The van der Waals surface area contributed by atoms with Gasteiger partial charge < -0.3 is 10.1 Å². The molecule has 4 nitrogen and oxygen atoms in total. The first-order chi connectivity index (χ1) is 11.3. The second-order valence-corrected chi connectivity index (χ2v) is 5.34. The molecule has 0 heterocycles. The van der Waals surface area contributed by atoms with Crippen molar-refractivity contribution in [2.24, 2.45) is 5.10 Å². The van der Waals surface area contributed by atoms with Gasteiger partial charge in [0.2, 0.25) is 0 Å². The van der Waals surface area contributed by atoms with Crippen molar-refractivity contribution in [3.63, 3.8) is 0 Å². The lowest BCUT2D eigenvalue weighted by atomic mass is 10.2. The van der Waals surface area contributed by atoms with Crippen molar-refractivity contribution in [2.75, 3.05) is 11.9 Å². The van der Waals surface area contributed by atoms with Crippen LogP contribution in [0.1, 0.15) is 25.3 Å². The van der Waals surface area contributed by atoms with Crippen LogP contribution in [0.25, 0.3) is 0 Å². The fraction of sp³-hybridized carbons (Fsp3) is 0.222. The standard InChI is InChI=1S/C18H21N3OS/c1-2-3-13-22-17-12-8-7-9-15(17)14-19-21-18(23)20-16-10-5-4-6-11-16/h4-12,14H,2-3,13H2,1H3,(H2,20,21,23)/b19-14-. The van der Waals surface area contributed by atoms with E-state index in [0.717, 1.165) is 29.8 Å². The molecule has 0 radical (unpaired) electrons. The number of thiocarbonyl (C=S) groups is 1. The Hall–Kier alpha value is -2.40. The van der Waals surface area contributed by atoms with Crippen LogP contribution in [-0.4, -0.2) is 17.9 Å². The minimum Gasteiger partial charge on any atom is -0.493 e. The van der Waals surface area contributed by atoms with Gasteiger partial charge in [-0.15, -0.1) is 0 Å². The van der Waals surface area contributed by atoms with Crippen LogP contribution in [0.15, 0.2) is 59.7 Å². The molecule has 0 saturated carbocycles. The molecule has 23 heavy (non-hydrogen) atoms. The average Bonchev–Trinajstić information content (AvgIpc) is 2.57. The monoisotopic (exact) mass is 327 g/mol. The van der Waals surface area contributed by atoms with Crippen molar-refractivity contribution in [1.29, 1.82) is 0 Å². The number of para-hydroxylation sites is 2. The molecule has 2 rings (SSSR count). The van der Waals surface area contributed by atoms with E-state index in [4.69, 9.17) is 17.0 Å². The topological polar surface area (TPSA) is 45.6 Å². The van der Waals surface area contributed by atoms with E-state index in [1.165, 1.54) is 0 Å². The molecule has 0 amide bonds. The molecule has 0 unspecified atom stereocenters. The van der Waals surface area contributed by atoms with Crippen LogP contribution < -0.4 is 15.5 Å². The minimum absolute atomic E-state index is 0.442. The Morgan fingerprint density at radius 3 is 2.65 bits per heavy atom. The van der Waals surface area contributed by atoms with E-state index in [9.17, 15) is 0 Å². The summed E-state index contributed by atoms with van der Waals surface area (Å²) in [7, 11) is 0. The van der Waals surface area contributed by atoms with Gasteiger partial charge >= 0.3 is 0 Å². The number of hydrazone groups is 1. The zero-order valence-corrected chi connectivity index (χ0v) is 14.0. The fourth-order valence-electron chi connectivity index (χ4n) is 1.89. The summed E-state index contributed by atoms with van der Waals surface area (Å²) >= 11 is 5.20.